The molecule has 162 valence electrons. The van der Waals surface area contributed by atoms with Crippen LogP contribution in [0.2, 0.25) is 5.02 Å². The van der Waals surface area contributed by atoms with Crippen molar-refractivity contribution in [2.75, 3.05) is 13.2 Å². The van der Waals surface area contributed by atoms with E-state index in [2.05, 4.69) is 25.3 Å². The number of aryl methyl sites for hydroxylation is 1. The van der Waals surface area contributed by atoms with Gasteiger partial charge in [-0.3, -0.25) is 9.59 Å². The molecule has 7 nitrogen and oxygen atoms in total. The number of hydrogen-bond donors (Lipinski definition) is 2. The predicted octanol–water partition coefficient (Wildman–Crippen LogP) is 3.62. The zero-order chi connectivity index (χ0) is 22.5. The van der Waals surface area contributed by atoms with E-state index in [4.69, 9.17) is 11.6 Å². The van der Waals surface area contributed by atoms with Crippen LogP contribution in [0.15, 0.2) is 24.4 Å². The average molecular weight is 445 g/mol. The zero-order valence-corrected chi connectivity index (χ0v) is 17.2. The quantitative estimate of drug-likeness (QED) is 0.680. The molecule has 2 aromatic rings. The van der Waals surface area contributed by atoms with Crippen LogP contribution in [0.1, 0.15) is 52.0 Å². The highest BCUT2D eigenvalue weighted by Gasteiger charge is 2.29. The van der Waals surface area contributed by atoms with Gasteiger partial charge in [0.15, 0.2) is 6.61 Å². The van der Waals surface area contributed by atoms with Gasteiger partial charge in [-0.2, -0.15) is 13.2 Å². The average Bonchev–Trinajstić information content (AvgIpc) is 2.65. The molecule has 0 bridgehead atoms. The van der Waals surface area contributed by atoms with Crippen LogP contribution in [0.3, 0.4) is 0 Å². The zero-order valence-electron chi connectivity index (χ0n) is 16.4. The van der Waals surface area contributed by atoms with Crippen LogP contribution in [0.25, 0.3) is 0 Å². The molecule has 0 saturated carbocycles. The first-order valence-corrected chi connectivity index (χ1v) is 9.30. The minimum Gasteiger partial charge on any atom is -0.467 e. The number of alkyl halides is 3. The van der Waals surface area contributed by atoms with E-state index in [0.717, 1.165) is 0 Å². The van der Waals surface area contributed by atoms with Gasteiger partial charge >= 0.3 is 6.18 Å². The SMILES string of the molecule is CCNC(=O)c1cc(C(=O)NC(C)c2cnc(OCC(F)(F)F)c(Cl)c2)cc(C)n1. The molecule has 11 heteroatoms. The summed E-state index contributed by atoms with van der Waals surface area (Å²) in [5, 5.41) is 5.22. The predicted molar refractivity (Wildman–Crippen MR) is 104 cm³/mol. The van der Waals surface area contributed by atoms with Crippen molar-refractivity contribution in [1.82, 2.24) is 20.6 Å². The van der Waals surface area contributed by atoms with Crippen LogP contribution < -0.4 is 15.4 Å². The Morgan fingerprint density at radius 3 is 2.53 bits per heavy atom. The highest BCUT2D eigenvalue weighted by Crippen LogP contribution is 2.27. The topological polar surface area (TPSA) is 93.2 Å². The second-order valence-corrected chi connectivity index (χ2v) is 6.80. The first-order valence-electron chi connectivity index (χ1n) is 8.93. The number of nitrogens with one attached hydrogen (secondary N) is 2. The van der Waals surface area contributed by atoms with E-state index < -0.39 is 30.6 Å². The summed E-state index contributed by atoms with van der Waals surface area (Å²) in [7, 11) is 0. The fraction of sp³-hybridized carbons (Fsp3) is 0.368. The Hall–Kier alpha value is -2.88. The van der Waals surface area contributed by atoms with Gasteiger partial charge in [-0.05, 0) is 44.5 Å². The highest BCUT2D eigenvalue weighted by molar-refractivity contribution is 6.31. The largest absolute Gasteiger partial charge is 0.467 e. The van der Waals surface area contributed by atoms with E-state index in [1.165, 1.54) is 24.4 Å². The Morgan fingerprint density at radius 1 is 1.23 bits per heavy atom. The number of rotatable bonds is 7. The summed E-state index contributed by atoms with van der Waals surface area (Å²) >= 11 is 5.94. The molecule has 30 heavy (non-hydrogen) atoms. The van der Waals surface area contributed by atoms with Crippen molar-refractivity contribution in [2.24, 2.45) is 0 Å². The van der Waals surface area contributed by atoms with Crippen molar-refractivity contribution in [1.29, 1.82) is 0 Å². The fourth-order valence-electron chi connectivity index (χ4n) is 2.46. The molecule has 0 saturated heterocycles. The van der Waals surface area contributed by atoms with Gasteiger partial charge in [-0.15, -0.1) is 0 Å². The molecule has 0 spiro atoms. The maximum absolute atomic E-state index is 12.6. The van der Waals surface area contributed by atoms with Crippen molar-refractivity contribution in [3.63, 3.8) is 0 Å². The molecule has 0 aliphatic heterocycles. The number of hydrogen-bond acceptors (Lipinski definition) is 5. The Bertz CT molecular complexity index is 938. The van der Waals surface area contributed by atoms with Crippen molar-refractivity contribution in [3.05, 3.63) is 51.9 Å². The third-order valence-corrected chi connectivity index (χ3v) is 4.11. The molecule has 2 rings (SSSR count). The van der Waals surface area contributed by atoms with E-state index in [9.17, 15) is 22.8 Å². The van der Waals surface area contributed by atoms with Crippen LogP contribution in [0.5, 0.6) is 5.88 Å². The lowest BCUT2D eigenvalue weighted by Gasteiger charge is -2.16. The Morgan fingerprint density at radius 2 is 1.93 bits per heavy atom. The minimum atomic E-state index is -4.51. The van der Waals surface area contributed by atoms with Crippen LogP contribution in [-0.2, 0) is 0 Å². The van der Waals surface area contributed by atoms with Crippen molar-refractivity contribution >= 4 is 23.4 Å². The molecule has 1 unspecified atom stereocenters. The van der Waals surface area contributed by atoms with E-state index in [1.807, 2.05) is 0 Å². The van der Waals surface area contributed by atoms with Gasteiger partial charge in [0.25, 0.3) is 11.8 Å². The minimum absolute atomic E-state index is 0.115. The van der Waals surface area contributed by atoms with Gasteiger partial charge in [0, 0.05) is 24.0 Å². The number of pyridine rings is 2. The molecular formula is C19H20ClF3N4O3. The lowest BCUT2D eigenvalue weighted by atomic mass is 10.1. The molecule has 2 amide bonds. The van der Waals surface area contributed by atoms with Gasteiger partial charge in [-0.25, -0.2) is 9.97 Å². The summed E-state index contributed by atoms with van der Waals surface area (Å²) in [6.07, 6.45) is -3.25. The Labute approximate surface area is 176 Å². The number of halogens is 4. The second kappa shape index (κ2) is 9.75. The maximum atomic E-state index is 12.6. The van der Waals surface area contributed by atoms with Crippen molar-refractivity contribution in [3.8, 4) is 5.88 Å². The van der Waals surface area contributed by atoms with Crippen LogP contribution in [-0.4, -0.2) is 41.1 Å². The maximum Gasteiger partial charge on any atom is 0.422 e. The molecule has 0 aliphatic carbocycles. The standard InChI is InChI=1S/C19H20ClF3N4O3/c1-4-24-17(29)15-7-12(5-10(2)26-15)16(28)27-11(3)13-6-14(20)18(25-8-13)30-9-19(21,22)23/h5-8,11H,4,9H2,1-3H3,(H,24,29)(H,27,28). The number of carbonyl (C=O) groups excluding carboxylic acids is 2. The molecule has 1 atom stereocenters. The van der Waals surface area contributed by atoms with Gasteiger partial charge in [0.05, 0.1) is 6.04 Å². The van der Waals surface area contributed by atoms with Crippen molar-refractivity contribution < 1.29 is 27.5 Å². The molecule has 0 fully saturated rings. The monoisotopic (exact) mass is 444 g/mol. The Kier molecular flexibility index (Phi) is 7.60. The van der Waals surface area contributed by atoms with E-state index in [1.54, 1.807) is 20.8 Å². The first kappa shape index (κ1) is 23.4. The molecule has 2 aromatic heterocycles. The summed E-state index contributed by atoms with van der Waals surface area (Å²) in [6.45, 7) is 3.98. The lowest BCUT2D eigenvalue weighted by Crippen LogP contribution is -2.28. The van der Waals surface area contributed by atoms with Gasteiger partial charge < -0.3 is 15.4 Å². The number of nitrogens with zero attached hydrogens (tertiary/aromatic N) is 2. The van der Waals surface area contributed by atoms with Gasteiger partial charge in [0.1, 0.15) is 10.7 Å². The highest BCUT2D eigenvalue weighted by atomic mass is 35.5. The summed E-state index contributed by atoms with van der Waals surface area (Å²) in [5.41, 5.74) is 1.31. The van der Waals surface area contributed by atoms with E-state index >= 15 is 0 Å². The van der Waals surface area contributed by atoms with Crippen LogP contribution in [0.4, 0.5) is 13.2 Å². The van der Waals surface area contributed by atoms with Gasteiger partial charge in [-0.1, -0.05) is 11.6 Å². The normalized spacial score (nSPS) is 12.2. The lowest BCUT2D eigenvalue weighted by molar-refractivity contribution is -0.154. The molecule has 0 radical (unpaired) electrons. The summed E-state index contributed by atoms with van der Waals surface area (Å²) in [5.74, 6) is -1.21. The number of aromatic nitrogens is 2. The number of carbonyl (C=O) groups is 2. The summed E-state index contributed by atoms with van der Waals surface area (Å²) in [6, 6.07) is 3.70. The molecule has 0 aliphatic rings. The third-order valence-electron chi connectivity index (χ3n) is 3.83. The Balaban J connectivity index is 2.12. The van der Waals surface area contributed by atoms with Crippen LogP contribution in [0, 0.1) is 6.92 Å². The fourth-order valence-corrected chi connectivity index (χ4v) is 2.69. The van der Waals surface area contributed by atoms with Crippen molar-refractivity contribution in [2.45, 2.75) is 33.0 Å². The molecule has 0 aromatic carbocycles. The molecular weight excluding hydrogens is 425 g/mol. The third kappa shape index (κ3) is 6.58. The molecule has 2 heterocycles. The van der Waals surface area contributed by atoms with E-state index in [0.29, 0.717) is 17.8 Å². The van der Waals surface area contributed by atoms with Gasteiger partial charge in [0.2, 0.25) is 5.88 Å². The second-order valence-electron chi connectivity index (χ2n) is 6.40. The smallest absolute Gasteiger partial charge is 0.422 e. The first-order chi connectivity index (χ1) is 14.0. The van der Waals surface area contributed by atoms with E-state index in [-0.39, 0.29) is 22.2 Å². The summed E-state index contributed by atoms with van der Waals surface area (Å²) < 4.78 is 41.3. The number of ether oxygens (including phenoxy) is 1. The van der Waals surface area contributed by atoms with Crippen LogP contribution >= 0.6 is 11.6 Å². The number of amides is 2. The summed E-state index contributed by atoms with van der Waals surface area (Å²) in [4.78, 5) is 32.5. The molecule has 2 N–H and O–H groups in total.